The number of pyridine rings is 1. The third-order valence-corrected chi connectivity index (χ3v) is 3.49. The molecule has 0 fully saturated rings. The van der Waals surface area contributed by atoms with Gasteiger partial charge in [0.2, 0.25) is 0 Å². The summed E-state index contributed by atoms with van der Waals surface area (Å²) in [6.07, 6.45) is 2.76. The minimum atomic E-state index is -0.916. The predicted octanol–water partition coefficient (Wildman–Crippen LogP) is 1.73. The highest BCUT2D eigenvalue weighted by molar-refractivity contribution is 5.94. The highest BCUT2D eigenvalue weighted by Crippen LogP contribution is 2.27. The molecular weight excluding hydrogens is 304 g/mol. The number of aromatic nitrogens is 1. The zero-order valence-corrected chi connectivity index (χ0v) is 13.9. The van der Waals surface area contributed by atoms with Crippen LogP contribution in [0, 0.1) is 12.1 Å². The molecule has 0 spiro atoms. The molecule has 1 heterocycles. The first-order chi connectivity index (χ1) is 10.0. The van der Waals surface area contributed by atoms with Gasteiger partial charge in [0.15, 0.2) is 5.69 Å². The number of quaternary nitrogens is 1. The first kappa shape index (κ1) is 18.6. The van der Waals surface area contributed by atoms with Gasteiger partial charge in [-0.25, -0.2) is 5.21 Å². The van der Waals surface area contributed by atoms with Crippen molar-refractivity contribution < 1.29 is 10.4 Å². The van der Waals surface area contributed by atoms with Gasteiger partial charge in [0.05, 0.1) is 5.52 Å². The minimum absolute atomic E-state index is 0. The standard InChI is InChI=1S/C15H22N4O2.ClH/c1-11-14(19(20)21)6-5-12-13(7-9-17-15(11)12)16-8-4-10-18(2)3;/h5-7,9,19-20H,4,8,10H2,1-3H3,(H,16,17);1H. The molecule has 0 saturated heterocycles. The van der Waals surface area contributed by atoms with Gasteiger partial charge in [-0.15, -0.1) is 12.4 Å². The lowest BCUT2D eigenvalue weighted by Crippen LogP contribution is -2.99. The first-order valence-corrected chi connectivity index (χ1v) is 7.01. The molecule has 1 unspecified atom stereocenters. The van der Waals surface area contributed by atoms with Gasteiger partial charge in [-0.2, -0.15) is 5.23 Å². The van der Waals surface area contributed by atoms with E-state index in [4.69, 9.17) is 0 Å². The van der Waals surface area contributed by atoms with E-state index in [1.165, 1.54) is 0 Å². The van der Waals surface area contributed by atoms with Crippen LogP contribution in [-0.4, -0.2) is 42.3 Å². The molecule has 3 N–H and O–H groups in total. The Labute approximate surface area is 136 Å². The Balaban J connectivity index is 0.00000242. The second-order valence-corrected chi connectivity index (χ2v) is 5.38. The number of fused-ring (bicyclic) bond motifs is 1. The summed E-state index contributed by atoms with van der Waals surface area (Å²) in [5.74, 6) is 0. The van der Waals surface area contributed by atoms with E-state index in [0.29, 0.717) is 11.3 Å². The highest BCUT2D eigenvalue weighted by Gasteiger charge is 2.12. The zero-order valence-electron chi connectivity index (χ0n) is 13.1. The average molecular weight is 327 g/mol. The van der Waals surface area contributed by atoms with E-state index < -0.39 is 5.23 Å². The van der Waals surface area contributed by atoms with Crippen molar-refractivity contribution in [3.8, 4) is 0 Å². The Hall–Kier alpha value is -1.44. The summed E-state index contributed by atoms with van der Waals surface area (Å²) in [6.45, 7) is 3.70. The topological polar surface area (TPSA) is 75.9 Å². The highest BCUT2D eigenvalue weighted by atomic mass is 35.5. The molecule has 0 bridgehead atoms. The zero-order chi connectivity index (χ0) is 15.4. The van der Waals surface area contributed by atoms with Crippen LogP contribution < -0.4 is 10.5 Å². The van der Waals surface area contributed by atoms with E-state index in [9.17, 15) is 10.4 Å². The van der Waals surface area contributed by atoms with Crippen LogP contribution in [0.2, 0.25) is 0 Å². The van der Waals surface area contributed by atoms with Crippen molar-refractivity contribution in [2.75, 3.05) is 32.5 Å². The van der Waals surface area contributed by atoms with Crippen molar-refractivity contribution in [1.82, 2.24) is 9.88 Å². The lowest BCUT2D eigenvalue weighted by molar-refractivity contribution is -0.991. The quantitative estimate of drug-likeness (QED) is 0.557. The summed E-state index contributed by atoms with van der Waals surface area (Å²) < 4.78 is 0. The number of halogens is 1. The van der Waals surface area contributed by atoms with Crippen molar-refractivity contribution in [1.29, 1.82) is 0 Å². The average Bonchev–Trinajstić information content (AvgIpc) is 2.43. The normalized spacial score (nSPS) is 12.3. The second-order valence-electron chi connectivity index (χ2n) is 5.38. The molecule has 2 aromatic rings. The summed E-state index contributed by atoms with van der Waals surface area (Å²) in [5.41, 5.74) is 2.75. The van der Waals surface area contributed by atoms with Crippen molar-refractivity contribution >= 4 is 34.7 Å². The van der Waals surface area contributed by atoms with Crippen LogP contribution in [0.5, 0.6) is 0 Å². The smallest absolute Gasteiger partial charge is 0.168 e. The Morgan fingerprint density at radius 3 is 2.68 bits per heavy atom. The first-order valence-electron chi connectivity index (χ1n) is 7.01. The molecule has 2 rings (SSSR count). The molecule has 0 saturated carbocycles. The van der Waals surface area contributed by atoms with Gasteiger partial charge in [0.25, 0.3) is 0 Å². The Morgan fingerprint density at radius 2 is 2.05 bits per heavy atom. The fourth-order valence-corrected chi connectivity index (χ4v) is 2.36. The summed E-state index contributed by atoms with van der Waals surface area (Å²) in [5, 5.41) is 23.8. The fourth-order valence-electron chi connectivity index (χ4n) is 2.36. The molecule has 1 aromatic heterocycles. The molecule has 0 radical (unpaired) electrons. The van der Waals surface area contributed by atoms with Crippen LogP contribution >= 0.6 is 12.4 Å². The van der Waals surface area contributed by atoms with Gasteiger partial charge in [0.1, 0.15) is 0 Å². The Bertz CT molecular complexity index is 620. The van der Waals surface area contributed by atoms with Crippen LogP contribution in [-0.2, 0) is 0 Å². The van der Waals surface area contributed by atoms with E-state index in [-0.39, 0.29) is 12.4 Å². The lowest BCUT2D eigenvalue weighted by atomic mass is 10.1. The summed E-state index contributed by atoms with van der Waals surface area (Å²) in [7, 11) is 4.11. The number of anilines is 1. The molecule has 1 aromatic carbocycles. The summed E-state index contributed by atoms with van der Waals surface area (Å²) in [6, 6.07) is 5.40. The summed E-state index contributed by atoms with van der Waals surface area (Å²) in [4.78, 5) is 6.48. The monoisotopic (exact) mass is 326 g/mol. The Kier molecular flexibility index (Phi) is 6.99. The van der Waals surface area contributed by atoms with Crippen molar-refractivity contribution in [3.63, 3.8) is 0 Å². The van der Waals surface area contributed by atoms with Crippen LogP contribution in [0.15, 0.2) is 24.4 Å². The van der Waals surface area contributed by atoms with Crippen molar-refractivity contribution in [2.24, 2.45) is 0 Å². The van der Waals surface area contributed by atoms with Crippen LogP contribution in [0.25, 0.3) is 10.9 Å². The van der Waals surface area contributed by atoms with Gasteiger partial charge in [0, 0.05) is 35.4 Å². The molecule has 7 heteroatoms. The molecule has 1 atom stereocenters. The number of hydrogen-bond donors (Lipinski definition) is 3. The molecule has 0 aliphatic rings. The van der Waals surface area contributed by atoms with E-state index in [0.717, 1.165) is 36.1 Å². The van der Waals surface area contributed by atoms with Crippen LogP contribution in [0.4, 0.5) is 11.4 Å². The Morgan fingerprint density at radius 1 is 1.32 bits per heavy atom. The number of nitrogens with one attached hydrogen (secondary N) is 2. The molecule has 0 amide bonds. The molecule has 122 valence electrons. The number of hydrogen-bond acceptors (Lipinski definition) is 5. The lowest BCUT2D eigenvalue weighted by Gasteiger charge is -2.16. The van der Waals surface area contributed by atoms with Crippen molar-refractivity contribution in [2.45, 2.75) is 13.3 Å². The van der Waals surface area contributed by atoms with Gasteiger partial charge in [-0.05, 0) is 46.1 Å². The molecule has 6 nitrogen and oxygen atoms in total. The maximum absolute atomic E-state index is 11.2. The van der Waals surface area contributed by atoms with E-state index in [2.05, 4.69) is 29.3 Å². The number of nitrogens with zero attached hydrogens (tertiary/aromatic N) is 2. The predicted molar refractivity (Wildman–Crippen MR) is 91.2 cm³/mol. The van der Waals surface area contributed by atoms with Gasteiger partial charge >= 0.3 is 0 Å². The van der Waals surface area contributed by atoms with E-state index >= 15 is 0 Å². The second kappa shape index (κ2) is 8.26. The number of rotatable bonds is 6. The maximum Gasteiger partial charge on any atom is 0.168 e. The van der Waals surface area contributed by atoms with Gasteiger partial charge in [-0.1, -0.05) is 0 Å². The molecular formula is C15H23ClN4O2. The SMILES string of the molecule is Cc1c([NH+]([O-])O)ccc2c(NCCCN(C)C)ccnc12.Cl. The molecule has 22 heavy (non-hydrogen) atoms. The maximum atomic E-state index is 11.2. The third kappa shape index (κ3) is 4.28. The van der Waals surface area contributed by atoms with Crippen molar-refractivity contribution in [3.05, 3.63) is 35.2 Å². The van der Waals surface area contributed by atoms with Gasteiger partial charge < -0.3 is 15.4 Å². The third-order valence-electron chi connectivity index (χ3n) is 3.49. The largest absolute Gasteiger partial charge is 0.595 e. The molecule has 0 aliphatic carbocycles. The van der Waals surface area contributed by atoms with E-state index in [1.807, 2.05) is 12.1 Å². The number of benzene rings is 1. The molecule has 0 aliphatic heterocycles. The van der Waals surface area contributed by atoms with Crippen LogP contribution in [0.3, 0.4) is 0 Å². The van der Waals surface area contributed by atoms with E-state index in [1.54, 1.807) is 19.2 Å². The fraction of sp³-hybridized carbons (Fsp3) is 0.400. The van der Waals surface area contributed by atoms with Gasteiger partial charge in [-0.3, -0.25) is 4.98 Å². The number of aryl methyl sites for hydroxylation is 1. The minimum Gasteiger partial charge on any atom is -0.595 e. The van der Waals surface area contributed by atoms with Crippen LogP contribution in [0.1, 0.15) is 12.0 Å². The summed E-state index contributed by atoms with van der Waals surface area (Å²) >= 11 is 0.